The lowest BCUT2D eigenvalue weighted by Gasteiger charge is -2.26. The molecule has 25 heavy (non-hydrogen) atoms. The van der Waals surface area contributed by atoms with Crippen molar-refractivity contribution in [2.45, 2.75) is 6.10 Å². The van der Waals surface area contributed by atoms with Crippen molar-refractivity contribution in [1.29, 1.82) is 0 Å². The first-order valence-electron chi connectivity index (χ1n) is 7.91. The normalized spacial score (nSPS) is 15.6. The van der Waals surface area contributed by atoms with E-state index in [1.807, 2.05) is 24.3 Å². The van der Waals surface area contributed by atoms with Gasteiger partial charge in [-0.15, -0.1) is 0 Å². The monoisotopic (exact) mass is 336 g/mol. The molecule has 7 heteroatoms. The van der Waals surface area contributed by atoms with Crippen molar-refractivity contribution in [3.8, 4) is 17.3 Å². The summed E-state index contributed by atoms with van der Waals surface area (Å²) in [4.78, 5) is 20.6. The predicted molar refractivity (Wildman–Crippen MR) is 90.0 cm³/mol. The molecule has 1 aliphatic heterocycles. The van der Waals surface area contributed by atoms with E-state index < -0.39 is 0 Å². The smallest absolute Gasteiger partial charge is 0.251 e. The molecule has 0 bridgehead atoms. The number of carbonyl (C=O) groups excluding carboxylic acids is 1. The number of pyridine rings is 1. The van der Waals surface area contributed by atoms with Crippen LogP contribution in [-0.2, 0) is 0 Å². The second kappa shape index (κ2) is 6.64. The summed E-state index contributed by atoms with van der Waals surface area (Å²) in [6.07, 6.45) is 6.44. The Morgan fingerprint density at radius 3 is 2.96 bits per heavy atom. The number of hydrogen-bond donors (Lipinski definition) is 1. The van der Waals surface area contributed by atoms with E-state index in [0.29, 0.717) is 30.3 Å². The molecule has 3 heterocycles. The molecule has 3 aromatic rings. The van der Waals surface area contributed by atoms with Gasteiger partial charge in [0.1, 0.15) is 24.9 Å². The maximum Gasteiger partial charge on any atom is 0.251 e. The van der Waals surface area contributed by atoms with Gasteiger partial charge in [0, 0.05) is 24.2 Å². The molecule has 1 atom stereocenters. The molecule has 0 aliphatic carbocycles. The molecule has 1 aromatic carbocycles. The fourth-order valence-corrected chi connectivity index (χ4v) is 2.57. The first kappa shape index (κ1) is 15.2. The van der Waals surface area contributed by atoms with E-state index in [-0.39, 0.29) is 12.0 Å². The molecular formula is C18H16N4O3. The van der Waals surface area contributed by atoms with Crippen molar-refractivity contribution in [3.63, 3.8) is 0 Å². The Labute approximate surface area is 144 Å². The van der Waals surface area contributed by atoms with Crippen molar-refractivity contribution in [2.24, 2.45) is 0 Å². The zero-order valence-corrected chi connectivity index (χ0v) is 13.3. The molecule has 1 N–H and O–H groups in total. The van der Waals surface area contributed by atoms with Crippen LogP contribution in [-0.4, -0.2) is 39.7 Å². The minimum Gasteiger partial charge on any atom is -0.486 e. The number of para-hydroxylation sites is 2. The molecule has 2 aromatic heterocycles. The van der Waals surface area contributed by atoms with Crippen molar-refractivity contribution in [2.75, 3.05) is 13.2 Å². The molecule has 0 unspecified atom stereocenters. The summed E-state index contributed by atoms with van der Waals surface area (Å²) in [5, 5.41) is 2.88. The Hall–Kier alpha value is -3.35. The number of rotatable bonds is 4. The average molecular weight is 336 g/mol. The van der Waals surface area contributed by atoms with Gasteiger partial charge < -0.3 is 14.8 Å². The van der Waals surface area contributed by atoms with Gasteiger partial charge in [0.25, 0.3) is 5.91 Å². The molecule has 1 aliphatic rings. The third-order valence-electron chi connectivity index (χ3n) is 3.83. The Bertz CT molecular complexity index is 880. The molecule has 0 saturated heterocycles. The molecule has 0 saturated carbocycles. The van der Waals surface area contributed by atoms with Gasteiger partial charge in [-0.3, -0.25) is 9.36 Å². The number of nitrogens with zero attached hydrogens (tertiary/aromatic N) is 3. The molecule has 126 valence electrons. The number of hydrogen-bond acceptors (Lipinski definition) is 5. The molecular weight excluding hydrogens is 320 g/mol. The van der Waals surface area contributed by atoms with E-state index >= 15 is 0 Å². The lowest BCUT2D eigenvalue weighted by atomic mass is 10.2. The molecule has 0 fully saturated rings. The van der Waals surface area contributed by atoms with Gasteiger partial charge in [-0.1, -0.05) is 12.1 Å². The number of aromatic nitrogens is 3. The van der Waals surface area contributed by atoms with E-state index in [0.717, 1.165) is 5.75 Å². The van der Waals surface area contributed by atoms with Gasteiger partial charge in [-0.05, 0) is 24.3 Å². The highest BCUT2D eigenvalue weighted by atomic mass is 16.6. The number of amides is 1. The van der Waals surface area contributed by atoms with Crippen LogP contribution in [0.4, 0.5) is 0 Å². The summed E-state index contributed by atoms with van der Waals surface area (Å²) in [6, 6.07) is 10.9. The van der Waals surface area contributed by atoms with Crippen LogP contribution in [0.5, 0.6) is 11.5 Å². The predicted octanol–water partition coefficient (Wildman–Crippen LogP) is 1.84. The maximum atomic E-state index is 12.4. The Kier molecular flexibility index (Phi) is 4.04. The van der Waals surface area contributed by atoms with Crippen molar-refractivity contribution in [1.82, 2.24) is 19.9 Å². The van der Waals surface area contributed by atoms with Gasteiger partial charge >= 0.3 is 0 Å². The topological polar surface area (TPSA) is 78.3 Å². The minimum absolute atomic E-state index is 0.189. The van der Waals surface area contributed by atoms with E-state index in [4.69, 9.17) is 9.47 Å². The standard InChI is InChI=1S/C18H16N4O3/c23-18(13-5-6-20-17(9-13)22-8-7-19-12-22)21-10-14-11-24-15-3-1-2-4-16(15)25-14/h1-9,12,14H,10-11H2,(H,21,23)/t14-/m1/s1. The van der Waals surface area contributed by atoms with Crippen molar-refractivity contribution >= 4 is 5.91 Å². The van der Waals surface area contributed by atoms with Gasteiger partial charge in [-0.25, -0.2) is 9.97 Å². The van der Waals surface area contributed by atoms with Crippen LogP contribution in [0.15, 0.2) is 61.3 Å². The second-order valence-electron chi connectivity index (χ2n) is 5.58. The highest BCUT2D eigenvalue weighted by molar-refractivity contribution is 5.94. The number of fused-ring (bicyclic) bond motifs is 1. The van der Waals surface area contributed by atoms with Crippen LogP contribution in [0.1, 0.15) is 10.4 Å². The Morgan fingerprint density at radius 1 is 1.24 bits per heavy atom. The SMILES string of the molecule is O=C(NC[C@@H]1COc2ccccc2O1)c1ccnc(-n2ccnc2)c1. The number of nitrogens with one attached hydrogen (secondary N) is 1. The van der Waals surface area contributed by atoms with Crippen LogP contribution in [0.3, 0.4) is 0 Å². The number of imidazole rings is 1. The summed E-state index contributed by atoms with van der Waals surface area (Å²) in [5.74, 6) is 1.87. The highest BCUT2D eigenvalue weighted by Gasteiger charge is 2.21. The first-order valence-corrected chi connectivity index (χ1v) is 7.91. The zero-order chi connectivity index (χ0) is 17.1. The largest absolute Gasteiger partial charge is 0.486 e. The minimum atomic E-state index is -0.228. The molecule has 4 rings (SSSR count). The van der Waals surface area contributed by atoms with Crippen LogP contribution >= 0.6 is 0 Å². The first-order chi connectivity index (χ1) is 12.3. The number of carbonyl (C=O) groups is 1. The quantitative estimate of drug-likeness (QED) is 0.786. The fourth-order valence-electron chi connectivity index (χ4n) is 2.57. The fraction of sp³-hybridized carbons (Fsp3) is 0.167. The number of ether oxygens (including phenoxy) is 2. The summed E-state index contributed by atoms with van der Waals surface area (Å²) in [6.45, 7) is 0.754. The van der Waals surface area contributed by atoms with E-state index in [9.17, 15) is 4.79 Å². The van der Waals surface area contributed by atoms with E-state index in [1.54, 1.807) is 41.6 Å². The van der Waals surface area contributed by atoms with Crippen LogP contribution in [0, 0.1) is 0 Å². The molecule has 0 radical (unpaired) electrons. The molecule has 0 spiro atoms. The van der Waals surface area contributed by atoms with Crippen LogP contribution in [0.25, 0.3) is 5.82 Å². The van der Waals surface area contributed by atoms with Crippen molar-refractivity contribution in [3.05, 3.63) is 66.9 Å². The molecule has 7 nitrogen and oxygen atoms in total. The van der Waals surface area contributed by atoms with E-state index in [1.165, 1.54) is 0 Å². The summed E-state index contributed by atoms with van der Waals surface area (Å²) >= 11 is 0. The van der Waals surface area contributed by atoms with Crippen molar-refractivity contribution < 1.29 is 14.3 Å². The van der Waals surface area contributed by atoms with Gasteiger partial charge in [0.2, 0.25) is 0 Å². The van der Waals surface area contributed by atoms with Gasteiger partial charge in [-0.2, -0.15) is 0 Å². The second-order valence-corrected chi connectivity index (χ2v) is 5.58. The van der Waals surface area contributed by atoms with Crippen LogP contribution < -0.4 is 14.8 Å². The van der Waals surface area contributed by atoms with E-state index in [2.05, 4.69) is 15.3 Å². The number of benzene rings is 1. The summed E-state index contributed by atoms with van der Waals surface area (Å²) < 4.78 is 13.2. The third-order valence-corrected chi connectivity index (χ3v) is 3.83. The Balaban J connectivity index is 1.39. The average Bonchev–Trinajstić information content (AvgIpc) is 3.21. The zero-order valence-electron chi connectivity index (χ0n) is 13.3. The third kappa shape index (κ3) is 3.30. The van der Waals surface area contributed by atoms with Crippen LogP contribution in [0.2, 0.25) is 0 Å². The molecule has 1 amide bonds. The summed E-state index contributed by atoms with van der Waals surface area (Å²) in [7, 11) is 0. The lowest BCUT2D eigenvalue weighted by molar-refractivity contribution is 0.0789. The lowest BCUT2D eigenvalue weighted by Crippen LogP contribution is -2.40. The van der Waals surface area contributed by atoms with Gasteiger partial charge in [0.15, 0.2) is 11.5 Å². The highest BCUT2D eigenvalue weighted by Crippen LogP contribution is 2.30. The summed E-state index contributed by atoms with van der Waals surface area (Å²) in [5.41, 5.74) is 0.524. The Morgan fingerprint density at radius 2 is 2.12 bits per heavy atom. The van der Waals surface area contributed by atoms with Gasteiger partial charge in [0.05, 0.1) is 6.54 Å². The maximum absolute atomic E-state index is 12.4.